The summed E-state index contributed by atoms with van der Waals surface area (Å²) in [5, 5.41) is 13.0. The van der Waals surface area contributed by atoms with Crippen molar-refractivity contribution in [2.75, 3.05) is 0 Å². The van der Waals surface area contributed by atoms with E-state index in [0.717, 1.165) is 5.56 Å². The Morgan fingerprint density at radius 3 is 2.84 bits per heavy atom. The number of hydrogen-bond donors (Lipinski definition) is 0. The van der Waals surface area contributed by atoms with Gasteiger partial charge < -0.3 is 4.52 Å². The second-order valence-electron chi connectivity index (χ2n) is 5.58. The van der Waals surface area contributed by atoms with Crippen LogP contribution in [-0.2, 0) is 0 Å². The Hall–Kier alpha value is -2.22. The highest BCUT2D eigenvalue weighted by Gasteiger charge is 2.62. The van der Waals surface area contributed by atoms with Gasteiger partial charge in [-0.25, -0.2) is 0 Å². The predicted octanol–water partition coefficient (Wildman–Crippen LogP) is 2.70. The summed E-state index contributed by atoms with van der Waals surface area (Å²) < 4.78 is 5.30. The fourth-order valence-electron chi connectivity index (χ4n) is 2.46. The highest BCUT2D eigenvalue weighted by Crippen LogP contribution is 2.63. The van der Waals surface area contributed by atoms with E-state index in [4.69, 9.17) is 9.78 Å². The van der Waals surface area contributed by atoms with E-state index < -0.39 is 0 Å². The first-order chi connectivity index (χ1) is 9.04. The molecule has 1 saturated carbocycles. The largest absolute Gasteiger partial charge is 0.339 e. The molecule has 0 N–H and O–H groups in total. The lowest BCUT2D eigenvalue weighted by Crippen LogP contribution is -1.91. The molecule has 19 heavy (non-hydrogen) atoms. The van der Waals surface area contributed by atoms with E-state index in [-0.39, 0.29) is 17.3 Å². The fraction of sp³-hybridized carbons (Fsp3) is 0.429. The number of nitrogens with zero attached hydrogens (tertiary/aromatic N) is 4. The SMILES string of the molecule is Cc1ccnc(-c2noc(C3C(C#N)C3(C)C)n2)c1. The van der Waals surface area contributed by atoms with Gasteiger partial charge in [0.2, 0.25) is 11.7 Å². The molecule has 1 aliphatic rings. The lowest BCUT2D eigenvalue weighted by atomic mass is 10.1. The van der Waals surface area contributed by atoms with Crippen molar-refractivity contribution in [1.82, 2.24) is 15.1 Å². The van der Waals surface area contributed by atoms with E-state index in [1.807, 2.05) is 32.9 Å². The molecule has 2 heterocycles. The standard InChI is InChI=1S/C14H14N4O/c1-8-4-5-16-10(6-8)12-17-13(19-18-12)11-9(7-15)14(11,2)3/h4-6,9,11H,1-3H3. The highest BCUT2D eigenvalue weighted by atomic mass is 16.5. The maximum absolute atomic E-state index is 9.08. The first kappa shape index (κ1) is 11.8. The van der Waals surface area contributed by atoms with Gasteiger partial charge in [-0.2, -0.15) is 10.2 Å². The molecule has 5 nitrogen and oxygen atoms in total. The van der Waals surface area contributed by atoms with Crippen LogP contribution in [0.3, 0.4) is 0 Å². The Kier molecular flexibility index (Phi) is 2.42. The molecular formula is C14H14N4O. The Morgan fingerprint density at radius 2 is 2.21 bits per heavy atom. The Morgan fingerprint density at radius 1 is 1.42 bits per heavy atom. The van der Waals surface area contributed by atoms with Crippen molar-refractivity contribution in [2.24, 2.45) is 11.3 Å². The summed E-state index contributed by atoms with van der Waals surface area (Å²) >= 11 is 0. The molecule has 0 amide bonds. The topological polar surface area (TPSA) is 75.6 Å². The van der Waals surface area contributed by atoms with Crippen LogP contribution < -0.4 is 0 Å². The average molecular weight is 254 g/mol. The summed E-state index contributed by atoms with van der Waals surface area (Å²) in [6.45, 7) is 6.07. The van der Waals surface area contributed by atoms with E-state index in [1.54, 1.807) is 6.20 Å². The molecule has 0 spiro atoms. The molecule has 0 radical (unpaired) electrons. The molecule has 0 saturated heterocycles. The predicted molar refractivity (Wildman–Crippen MR) is 67.9 cm³/mol. The van der Waals surface area contributed by atoms with Crippen molar-refractivity contribution >= 4 is 0 Å². The van der Waals surface area contributed by atoms with E-state index in [1.165, 1.54) is 0 Å². The van der Waals surface area contributed by atoms with Crippen molar-refractivity contribution in [3.05, 3.63) is 29.8 Å². The summed E-state index contributed by atoms with van der Waals surface area (Å²) in [6.07, 6.45) is 1.72. The summed E-state index contributed by atoms with van der Waals surface area (Å²) in [5.74, 6) is 1.00. The van der Waals surface area contributed by atoms with Gasteiger partial charge in [-0.1, -0.05) is 19.0 Å². The van der Waals surface area contributed by atoms with Crippen molar-refractivity contribution < 1.29 is 4.52 Å². The minimum absolute atomic E-state index is 0.0311. The maximum Gasteiger partial charge on any atom is 0.232 e. The van der Waals surface area contributed by atoms with Crippen LogP contribution in [0.5, 0.6) is 0 Å². The molecule has 2 aromatic heterocycles. The van der Waals surface area contributed by atoms with Gasteiger partial charge in [0.05, 0.1) is 17.9 Å². The zero-order valence-corrected chi connectivity index (χ0v) is 11.1. The van der Waals surface area contributed by atoms with Crippen LogP contribution in [-0.4, -0.2) is 15.1 Å². The van der Waals surface area contributed by atoms with Crippen molar-refractivity contribution in [3.8, 4) is 17.6 Å². The van der Waals surface area contributed by atoms with Gasteiger partial charge in [0.15, 0.2) is 0 Å². The zero-order chi connectivity index (χ0) is 13.6. The third-order valence-electron chi connectivity index (χ3n) is 3.82. The Balaban J connectivity index is 1.92. The monoisotopic (exact) mass is 254 g/mol. The molecular weight excluding hydrogens is 240 g/mol. The molecule has 0 bridgehead atoms. The van der Waals surface area contributed by atoms with Gasteiger partial charge in [-0.15, -0.1) is 0 Å². The number of pyridine rings is 1. The van der Waals surface area contributed by atoms with E-state index >= 15 is 0 Å². The highest BCUT2D eigenvalue weighted by molar-refractivity contribution is 5.49. The molecule has 2 aromatic rings. The van der Waals surface area contributed by atoms with Crippen LogP contribution in [0.2, 0.25) is 0 Å². The van der Waals surface area contributed by atoms with Crippen LogP contribution in [0.4, 0.5) is 0 Å². The normalized spacial score (nSPS) is 23.9. The third-order valence-corrected chi connectivity index (χ3v) is 3.82. The summed E-state index contributed by atoms with van der Waals surface area (Å²) in [5.41, 5.74) is 1.71. The molecule has 96 valence electrons. The lowest BCUT2D eigenvalue weighted by molar-refractivity contribution is 0.368. The van der Waals surface area contributed by atoms with E-state index in [2.05, 4.69) is 21.2 Å². The van der Waals surface area contributed by atoms with Gasteiger partial charge in [0.1, 0.15) is 5.69 Å². The van der Waals surface area contributed by atoms with Gasteiger partial charge >= 0.3 is 0 Å². The summed E-state index contributed by atoms with van der Waals surface area (Å²) in [4.78, 5) is 8.61. The van der Waals surface area contributed by atoms with Crippen LogP contribution in [0.1, 0.15) is 31.2 Å². The summed E-state index contributed by atoms with van der Waals surface area (Å²) in [7, 11) is 0. The summed E-state index contributed by atoms with van der Waals surface area (Å²) in [6, 6.07) is 6.12. The molecule has 2 unspecified atom stereocenters. The first-order valence-electron chi connectivity index (χ1n) is 6.20. The number of aryl methyl sites for hydroxylation is 1. The number of nitriles is 1. The third kappa shape index (κ3) is 1.80. The van der Waals surface area contributed by atoms with Gasteiger partial charge in [-0.3, -0.25) is 4.98 Å². The molecule has 2 atom stereocenters. The molecule has 1 aliphatic carbocycles. The van der Waals surface area contributed by atoms with Gasteiger partial charge in [0, 0.05) is 6.20 Å². The van der Waals surface area contributed by atoms with E-state index in [0.29, 0.717) is 17.4 Å². The van der Waals surface area contributed by atoms with Crippen molar-refractivity contribution in [2.45, 2.75) is 26.7 Å². The molecule has 5 heteroatoms. The average Bonchev–Trinajstić information content (AvgIpc) is 2.76. The van der Waals surface area contributed by atoms with Crippen LogP contribution in [0.25, 0.3) is 11.5 Å². The second kappa shape index (κ2) is 3.89. The van der Waals surface area contributed by atoms with Crippen LogP contribution in [0, 0.1) is 29.6 Å². The van der Waals surface area contributed by atoms with E-state index in [9.17, 15) is 0 Å². The maximum atomic E-state index is 9.08. The molecule has 3 rings (SSSR count). The smallest absolute Gasteiger partial charge is 0.232 e. The lowest BCUT2D eigenvalue weighted by Gasteiger charge is -1.95. The minimum atomic E-state index is -0.0847. The number of rotatable bonds is 2. The number of aromatic nitrogens is 3. The molecule has 0 aliphatic heterocycles. The van der Waals surface area contributed by atoms with Gasteiger partial charge in [0.25, 0.3) is 0 Å². The van der Waals surface area contributed by atoms with Crippen molar-refractivity contribution in [1.29, 1.82) is 5.26 Å². The number of hydrogen-bond acceptors (Lipinski definition) is 5. The van der Waals surface area contributed by atoms with Crippen molar-refractivity contribution in [3.63, 3.8) is 0 Å². The second-order valence-corrected chi connectivity index (χ2v) is 5.58. The quantitative estimate of drug-likeness (QED) is 0.823. The Labute approximate surface area is 111 Å². The van der Waals surface area contributed by atoms with Gasteiger partial charge in [-0.05, 0) is 30.0 Å². The zero-order valence-electron chi connectivity index (χ0n) is 11.1. The fourth-order valence-corrected chi connectivity index (χ4v) is 2.46. The van der Waals surface area contributed by atoms with Crippen LogP contribution in [0.15, 0.2) is 22.9 Å². The molecule has 1 fully saturated rings. The minimum Gasteiger partial charge on any atom is -0.339 e. The first-order valence-corrected chi connectivity index (χ1v) is 6.20. The molecule has 0 aromatic carbocycles. The van der Waals surface area contributed by atoms with Crippen LogP contribution >= 0.6 is 0 Å². The Bertz CT molecular complexity index is 668.